The number of hydrazine groups is 1. The fourth-order valence-electron chi connectivity index (χ4n) is 1.98. The summed E-state index contributed by atoms with van der Waals surface area (Å²) in [6, 6.07) is 9.49. The summed E-state index contributed by atoms with van der Waals surface area (Å²) >= 11 is 18.0. The summed E-state index contributed by atoms with van der Waals surface area (Å²) in [6.07, 6.45) is 0.353. The third kappa shape index (κ3) is 3.25. The molecule has 0 spiro atoms. The predicted octanol–water partition coefficient (Wildman–Crippen LogP) is 4.53. The van der Waals surface area contributed by atoms with Crippen molar-refractivity contribution in [2.24, 2.45) is 5.84 Å². The van der Waals surface area contributed by atoms with E-state index in [-0.39, 0.29) is 5.02 Å². The lowest BCUT2D eigenvalue weighted by molar-refractivity contribution is 0.511. The molecular weight excluding hydrogens is 322 g/mol. The van der Waals surface area contributed by atoms with Gasteiger partial charge in [-0.3, -0.25) is 11.3 Å². The summed E-state index contributed by atoms with van der Waals surface area (Å²) in [6.45, 7) is 0. The van der Waals surface area contributed by atoms with Crippen LogP contribution < -0.4 is 11.3 Å². The third-order valence-corrected chi connectivity index (χ3v) is 4.03. The largest absolute Gasteiger partial charge is 0.271 e. The maximum absolute atomic E-state index is 14.0. The Morgan fingerprint density at radius 1 is 1.00 bits per heavy atom. The highest BCUT2D eigenvalue weighted by Crippen LogP contribution is 2.31. The van der Waals surface area contributed by atoms with Crippen LogP contribution in [0.5, 0.6) is 0 Å². The topological polar surface area (TPSA) is 38.0 Å². The van der Waals surface area contributed by atoms with Crippen molar-refractivity contribution in [1.29, 1.82) is 0 Å². The molecule has 1 unspecified atom stereocenters. The molecule has 0 saturated carbocycles. The summed E-state index contributed by atoms with van der Waals surface area (Å²) in [7, 11) is 0. The first-order chi connectivity index (χ1) is 9.54. The van der Waals surface area contributed by atoms with Crippen LogP contribution >= 0.6 is 34.8 Å². The first-order valence-corrected chi connectivity index (χ1v) is 7.01. The molecule has 0 fully saturated rings. The van der Waals surface area contributed by atoms with Crippen molar-refractivity contribution in [3.8, 4) is 0 Å². The molecule has 1 atom stereocenters. The maximum Gasteiger partial charge on any atom is 0.146 e. The highest BCUT2D eigenvalue weighted by atomic mass is 35.5. The van der Waals surface area contributed by atoms with Crippen LogP contribution in [0.25, 0.3) is 0 Å². The van der Waals surface area contributed by atoms with E-state index in [1.807, 2.05) is 0 Å². The van der Waals surface area contributed by atoms with Crippen molar-refractivity contribution in [3.05, 3.63) is 68.4 Å². The number of benzene rings is 2. The van der Waals surface area contributed by atoms with Crippen molar-refractivity contribution in [3.63, 3.8) is 0 Å². The van der Waals surface area contributed by atoms with Crippen LogP contribution in [0, 0.1) is 5.82 Å². The smallest absolute Gasteiger partial charge is 0.146 e. The van der Waals surface area contributed by atoms with Crippen LogP contribution in [-0.4, -0.2) is 0 Å². The van der Waals surface area contributed by atoms with Gasteiger partial charge in [0, 0.05) is 15.6 Å². The van der Waals surface area contributed by atoms with Crippen molar-refractivity contribution in [2.45, 2.75) is 12.5 Å². The van der Waals surface area contributed by atoms with E-state index >= 15 is 0 Å². The normalized spacial score (nSPS) is 12.4. The van der Waals surface area contributed by atoms with Gasteiger partial charge < -0.3 is 0 Å². The molecule has 6 heteroatoms. The Kier molecular flexibility index (Phi) is 5.24. The second-order valence-corrected chi connectivity index (χ2v) is 5.49. The molecule has 0 aliphatic rings. The van der Waals surface area contributed by atoms with Crippen LogP contribution in [-0.2, 0) is 6.42 Å². The highest BCUT2D eigenvalue weighted by molar-refractivity contribution is 6.36. The van der Waals surface area contributed by atoms with Crippen molar-refractivity contribution < 1.29 is 4.39 Å². The molecular formula is C14H12Cl3FN2. The molecule has 2 aromatic rings. The summed E-state index contributed by atoms with van der Waals surface area (Å²) in [5.74, 6) is 5.03. The number of halogens is 4. The van der Waals surface area contributed by atoms with Gasteiger partial charge >= 0.3 is 0 Å². The standard InChI is InChI=1S/C14H12Cl3FN2/c15-10-4-2-5-11(16)9(10)7-13(20-19)8-3-1-6-12(17)14(8)18/h1-6,13,20H,7,19H2. The minimum absolute atomic E-state index is 0.0491. The average molecular weight is 334 g/mol. The van der Waals surface area contributed by atoms with Gasteiger partial charge in [0.1, 0.15) is 5.82 Å². The zero-order valence-corrected chi connectivity index (χ0v) is 12.6. The molecule has 0 heterocycles. The van der Waals surface area contributed by atoms with E-state index in [1.54, 1.807) is 30.3 Å². The highest BCUT2D eigenvalue weighted by Gasteiger charge is 2.19. The van der Waals surface area contributed by atoms with Gasteiger partial charge in [0.2, 0.25) is 0 Å². The Balaban J connectivity index is 2.37. The molecule has 0 aliphatic carbocycles. The molecule has 0 saturated heterocycles. The number of nitrogens with two attached hydrogens (primary N) is 1. The molecule has 0 bridgehead atoms. The van der Waals surface area contributed by atoms with Crippen molar-refractivity contribution in [2.75, 3.05) is 0 Å². The van der Waals surface area contributed by atoms with Crippen LogP contribution in [0.1, 0.15) is 17.2 Å². The fourth-order valence-corrected chi connectivity index (χ4v) is 2.71. The Labute approximate surface area is 131 Å². The quantitative estimate of drug-likeness (QED) is 0.637. The van der Waals surface area contributed by atoms with E-state index in [1.165, 1.54) is 6.07 Å². The summed E-state index contributed by atoms with van der Waals surface area (Å²) in [4.78, 5) is 0. The van der Waals surface area contributed by atoms with Gasteiger partial charge in [0.05, 0.1) is 11.1 Å². The molecule has 106 valence electrons. The Hall–Kier alpha value is -0.840. The van der Waals surface area contributed by atoms with Crippen LogP contribution in [0.4, 0.5) is 4.39 Å². The zero-order chi connectivity index (χ0) is 14.7. The number of hydrogen-bond donors (Lipinski definition) is 2. The number of rotatable bonds is 4. The molecule has 0 aromatic heterocycles. The van der Waals surface area contributed by atoms with Crippen molar-refractivity contribution >= 4 is 34.8 Å². The van der Waals surface area contributed by atoms with Crippen molar-refractivity contribution in [1.82, 2.24) is 5.43 Å². The lowest BCUT2D eigenvalue weighted by Crippen LogP contribution is -2.30. The molecule has 3 N–H and O–H groups in total. The van der Waals surface area contributed by atoms with E-state index in [0.717, 1.165) is 0 Å². The van der Waals surface area contributed by atoms with Crippen LogP contribution in [0.2, 0.25) is 15.1 Å². The van der Waals surface area contributed by atoms with Gasteiger partial charge in [-0.25, -0.2) is 4.39 Å². The Morgan fingerprint density at radius 3 is 2.15 bits per heavy atom. The fraction of sp³-hybridized carbons (Fsp3) is 0.143. The number of hydrogen-bond acceptors (Lipinski definition) is 2. The van der Waals surface area contributed by atoms with Gasteiger partial charge in [0.15, 0.2) is 0 Å². The van der Waals surface area contributed by atoms with Gasteiger partial charge in [-0.1, -0.05) is 53.0 Å². The SMILES string of the molecule is NNC(Cc1c(Cl)cccc1Cl)c1cccc(Cl)c1F. The molecule has 2 rings (SSSR count). The van der Waals surface area contributed by atoms with Gasteiger partial charge in [0.25, 0.3) is 0 Å². The van der Waals surface area contributed by atoms with E-state index < -0.39 is 11.9 Å². The lowest BCUT2D eigenvalue weighted by Gasteiger charge is -2.19. The second kappa shape index (κ2) is 6.74. The molecule has 20 heavy (non-hydrogen) atoms. The Morgan fingerprint density at radius 2 is 1.55 bits per heavy atom. The van der Waals surface area contributed by atoms with E-state index in [2.05, 4.69) is 5.43 Å². The molecule has 0 aliphatic heterocycles. The minimum Gasteiger partial charge on any atom is -0.271 e. The monoisotopic (exact) mass is 332 g/mol. The lowest BCUT2D eigenvalue weighted by atomic mass is 9.99. The maximum atomic E-state index is 14.0. The third-order valence-electron chi connectivity index (χ3n) is 3.03. The first kappa shape index (κ1) is 15.5. The summed E-state index contributed by atoms with van der Waals surface area (Å²) in [5.41, 5.74) is 3.65. The Bertz CT molecular complexity index is 599. The van der Waals surface area contributed by atoms with Gasteiger partial charge in [-0.2, -0.15) is 0 Å². The molecule has 0 radical (unpaired) electrons. The molecule has 2 aromatic carbocycles. The average Bonchev–Trinajstić information content (AvgIpc) is 2.42. The summed E-state index contributed by atoms with van der Waals surface area (Å²) in [5, 5.41) is 1.08. The van der Waals surface area contributed by atoms with Gasteiger partial charge in [-0.05, 0) is 30.2 Å². The van der Waals surface area contributed by atoms with E-state index in [0.29, 0.717) is 27.6 Å². The zero-order valence-electron chi connectivity index (χ0n) is 10.3. The first-order valence-electron chi connectivity index (χ1n) is 5.87. The summed E-state index contributed by atoms with van der Waals surface area (Å²) < 4.78 is 14.0. The van der Waals surface area contributed by atoms with Gasteiger partial charge in [-0.15, -0.1) is 0 Å². The predicted molar refractivity (Wildman–Crippen MR) is 81.6 cm³/mol. The second-order valence-electron chi connectivity index (χ2n) is 4.27. The van der Waals surface area contributed by atoms with Crippen LogP contribution in [0.15, 0.2) is 36.4 Å². The number of nitrogens with one attached hydrogen (secondary N) is 1. The molecule has 0 amide bonds. The van der Waals surface area contributed by atoms with E-state index in [4.69, 9.17) is 40.6 Å². The van der Waals surface area contributed by atoms with E-state index in [9.17, 15) is 4.39 Å². The minimum atomic E-state index is -0.500. The van der Waals surface area contributed by atoms with Crippen LogP contribution in [0.3, 0.4) is 0 Å². The molecule has 2 nitrogen and oxygen atoms in total.